The van der Waals surface area contributed by atoms with E-state index >= 15 is 0 Å². The molecule has 0 saturated heterocycles. The molecule has 1 aromatic carbocycles. The SMILES string of the molecule is Cc1ccccc1CNc1ccc(C(=O)N(C)CCc2ccncc2)nc1. The summed E-state index contributed by atoms with van der Waals surface area (Å²) in [7, 11) is 1.80. The van der Waals surface area contributed by atoms with Crippen LogP contribution in [-0.2, 0) is 13.0 Å². The van der Waals surface area contributed by atoms with E-state index in [1.54, 1.807) is 36.6 Å². The summed E-state index contributed by atoms with van der Waals surface area (Å²) in [5.74, 6) is -0.0745. The Kier molecular flexibility index (Phi) is 6.15. The Morgan fingerprint density at radius 2 is 1.85 bits per heavy atom. The van der Waals surface area contributed by atoms with Gasteiger partial charge < -0.3 is 10.2 Å². The molecule has 27 heavy (non-hydrogen) atoms. The van der Waals surface area contributed by atoms with E-state index in [0.29, 0.717) is 12.2 Å². The minimum Gasteiger partial charge on any atom is -0.380 e. The number of carbonyl (C=O) groups excluding carboxylic acids is 1. The van der Waals surface area contributed by atoms with E-state index in [0.717, 1.165) is 24.2 Å². The lowest BCUT2D eigenvalue weighted by molar-refractivity contribution is 0.0791. The van der Waals surface area contributed by atoms with Gasteiger partial charge in [-0.05, 0) is 54.3 Å². The third-order valence-electron chi connectivity index (χ3n) is 4.56. The van der Waals surface area contributed by atoms with Crippen LogP contribution >= 0.6 is 0 Å². The molecule has 2 aromatic heterocycles. The number of amides is 1. The van der Waals surface area contributed by atoms with Crippen molar-refractivity contribution in [3.63, 3.8) is 0 Å². The van der Waals surface area contributed by atoms with Crippen molar-refractivity contribution in [1.82, 2.24) is 14.9 Å². The molecule has 3 rings (SSSR count). The molecule has 0 saturated carbocycles. The van der Waals surface area contributed by atoms with Gasteiger partial charge in [0.05, 0.1) is 11.9 Å². The molecule has 0 spiro atoms. The van der Waals surface area contributed by atoms with Crippen LogP contribution < -0.4 is 5.32 Å². The van der Waals surface area contributed by atoms with Gasteiger partial charge in [0.15, 0.2) is 0 Å². The molecule has 0 fully saturated rings. The molecule has 3 aromatic rings. The highest BCUT2D eigenvalue weighted by molar-refractivity contribution is 5.92. The Balaban J connectivity index is 1.54. The third-order valence-corrected chi connectivity index (χ3v) is 4.56. The van der Waals surface area contributed by atoms with Crippen LogP contribution in [0.2, 0.25) is 0 Å². The molecule has 5 nitrogen and oxygen atoms in total. The smallest absolute Gasteiger partial charge is 0.272 e. The van der Waals surface area contributed by atoms with Crippen LogP contribution in [0.1, 0.15) is 27.2 Å². The number of nitrogens with zero attached hydrogens (tertiary/aromatic N) is 3. The fourth-order valence-electron chi connectivity index (χ4n) is 2.77. The maximum absolute atomic E-state index is 12.5. The molecule has 1 amide bonds. The summed E-state index contributed by atoms with van der Waals surface area (Å²) in [5, 5.41) is 3.35. The van der Waals surface area contributed by atoms with Crippen LogP contribution in [0.25, 0.3) is 0 Å². The molecule has 0 unspecified atom stereocenters. The number of aromatic nitrogens is 2. The summed E-state index contributed by atoms with van der Waals surface area (Å²) in [5.41, 5.74) is 5.00. The van der Waals surface area contributed by atoms with Crippen molar-refractivity contribution in [2.45, 2.75) is 19.9 Å². The number of benzene rings is 1. The van der Waals surface area contributed by atoms with E-state index in [2.05, 4.69) is 34.3 Å². The summed E-state index contributed by atoms with van der Waals surface area (Å²) in [6, 6.07) is 15.9. The van der Waals surface area contributed by atoms with Gasteiger partial charge in [0, 0.05) is 32.5 Å². The topological polar surface area (TPSA) is 58.1 Å². The van der Waals surface area contributed by atoms with E-state index in [-0.39, 0.29) is 5.91 Å². The number of rotatable bonds is 7. The highest BCUT2D eigenvalue weighted by Gasteiger charge is 2.13. The first-order valence-corrected chi connectivity index (χ1v) is 9.02. The summed E-state index contributed by atoms with van der Waals surface area (Å²) in [6.07, 6.45) is 6.03. The second-order valence-corrected chi connectivity index (χ2v) is 6.54. The highest BCUT2D eigenvalue weighted by Crippen LogP contribution is 2.12. The first-order chi connectivity index (χ1) is 13.1. The molecule has 0 atom stereocenters. The summed E-state index contributed by atoms with van der Waals surface area (Å²) >= 11 is 0. The predicted octanol–water partition coefficient (Wildman–Crippen LogP) is 3.71. The van der Waals surface area contributed by atoms with Gasteiger partial charge in [-0.15, -0.1) is 0 Å². The van der Waals surface area contributed by atoms with Gasteiger partial charge in [-0.2, -0.15) is 0 Å². The second kappa shape index (κ2) is 8.94. The molecule has 0 aliphatic rings. The van der Waals surface area contributed by atoms with E-state index in [1.807, 2.05) is 30.3 Å². The van der Waals surface area contributed by atoms with Gasteiger partial charge in [0.25, 0.3) is 5.91 Å². The van der Waals surface area contributed by atoms with Crippen molar-refractivity contribution in [1.29, 1.82) is 0 Å². The number of hydrogen-bond acceptors (Lipinski definition) is 4. The minimum absolute atomic E-state index is 0.0745. The third kappa shape index (κ3) is 5.14. The summed E-state index contributed by atoms with van der Waals surface area (Å²) in [4.78, 5) is 22.6. The molecule has 1 N–H and O–H groups in total. The van der Waals surface area contributed by atoms with Crippen LogP contribution in [0.15, 0.2) is 67.1 Å². The Morgan fingerprint density at radius 3 is 2.56 bits per heavy atom. The second-order valence-electron chi connectivity index (χ2n) is 6.54. The lowest BCUT2D eigenvalue weighted by Crippen LogP contribution is -2.29. The molecule has 2 heterocycles. The van der Waals surface area contributed by atoms with Crippen molar-refractivity contribution in [2.75, 3.05) is 18.9 Å². The van der Waals surface area contributed by atoms with Crippen LogP contribution in [-0.4, -0.2) is 34.4 Å². The number of hydrogen-bond donors (Lipinski definition) is 1. The number of anilines is 1. The van der Waals surface area contributed by atoms with Gasteiger partial charge in [-0.25, -0.2) is 4.98 Å². The maximum atomic E-state index is 12.5. The fraction of sp³-hybridized carbons (Fsp3) is 0.227. The minimum atomic E-state index is -0.0745. The van der Waals surface area contributed by atoms with Crippen molar-refractivity contribution in [3.8, 4) is 0 Å². The van der Waals surface area contributed by atoms with E-state index in [1.165, 1.54) is 11.1 Å². The summed E-state index contributed by atoms with van der Waals surface area (Å²) < 4.78 is 0. The highest BCUT2D eigenvalue weighted by atomic mass is 16.2. The number of pyridine rings is 2. The zero-order chi connectivity index (χ0) is 19.1. The normalized spacial score (nSPS) is 10.4. The lowest BCUT2D eigenvalue weighted by Gasteiger charge is -2.17. The van der Waals surface area contributed by atoms with Gasteiger partial charge in [-0.1, -0.05) is 24.3 Å². The maximum Gasteiger partial charge on any atom is 0.272 e. The van der Waals surface area contributed by atoms with Gasteiger partial charge >= 0.3 is 0 Å². The molecular weight excluding hydrogens is 336 g/mol. The summed E-state index contributed by atoms with van der Waals surface area (Å²) in [6.45, 7) is 3.46. The Labute approximate surface area is 160 Å². The van der Waals surface area contributed by atoms with Crippen LogP contribution in [0, 0.1) is 6.92 Å². The molecule has 0 radical (unpaired) electrons. The quantitative estimate of drug-likeness (QED) is 0.698. The van der Waals surface area contributed by atoms with Gasteiger partial charge in [0.2, 0.25) is 0 Å². The number of carbonyl (C=O) groups is 1. The lowest BCUT2D eigenvalue weighted by atomic mass is 10.1. The van der Waals surface area contributed by atoms with Crippen molar-refractivity contribution < 1.29 is 4.79 Å². The molecular formula is C22H24N4O. The zero-order valence-corrected chi connectivity index (χ0v) is 15.7. The van der Waals surface area contributed by atoms with Crippen LogP contribution in [0.3, 0.4) is 0 Å². The van der Waals surface area contributed by atoms with E-state index in [4.69, 9.17) is 0 Å². The zero-order valence-electron chi connectivity index (χ0n) is 15.7. The standard InChI is InChI=1S/C22H24N4O/c1-17-5-3-4-6-19(17)15-24-20-7-8-21(25-16-20)22(27)26(2)14-11-18-9-12-23-13-10-18/h3-10,12-13,16,24H,11,14-15H2,1-2H3. The Morgan fingerprint density at radius 1 is 1.07 bits per heavy atom. The van der Waals surface area contributed by atoms with Crippen molar-refractivity contribution in [2.24, 2.45) is 0 Å². The molecule has 5 heteroatoms. The van der Waals surface area contributed by atoms with Crippen molar-refractivity contribution >= 4 is 11.6 Å². The van der Waals surface area contributed by atoms with Crippen LogP contribution in [0.5, 0.6) is 0 Å². The fourth-order valence-corrected chi connectivity index (χ4v) is 2.77. The monoisotopic (exact) mass is 360 g/mol. The number of likely N-dealkylation sites (N-methyl/N-ethyl adjacent to an activating group) is 1. The molecule has 138 valence electrons. The average molecular weight is 360 g/mol. The van der Waals surface area contributed by atoms with E-state index < -0.39 is 0 Å². The Hall–Kier alpha value is -3.21. The Bertz CT molecular complexity index is 878. The largest absolute Gasteiger partial charge is 0.380 e. The molecule has 0 aliphatic heterocycles. The first kappa shape index (κ1) is 18.6. The first-order valence-electron chi connectivity index (χ1n) is 9.02. The van der Waals surface area contributed by atoms with Crippen LogP contribution in [0.4, 0.5) is 5.69 Å². The number of aryl methyl sites for hydroxylation is 1. The average Bonchev–Trinajstić information content (AvgIpc) is 2.72. The molecule has 0 bridgehead atoms. The van der Waals surface area contributed by atoms with Gasteiger partial charge in [-0.3, -0.25) is 9.78 Å². The number of nitrogens with one attached hydrogen (secondary N) is 1. The molecule has 0 aliphatic carbocycles. The van der Waals surface area contributed by atoms with Gasteiger partial charge in [0.1, 0.15) is 5.69 Å². The predicted molar refractivity (Wildman–Crippen MR) is 108 cm³/mol. The van der Waals surface area contributed by atoms with E-state index in [9.17, 15) is 4.79 Å². The van der Waals surface area contributed by atoms with Crippen molar-refractivity contribution in [3.05, 3.63) is 89.5 Å².